The zero-order chi connectivity index (χ0) is 20.2. The molecule has 1 saturated heterocycles. The van der Waals surface area contributed by atoms with Gasteiger partial charge in [-0.15, -0.1) is 5.92 Å². The third-order valence-corrected chi connectivity index (χ3v) is 5.35. The van der Waals surface area contributed by atoms with Crippen molar-refractivity contribution < 1.29 is 0 Å². The Morgan fingerprint density at radius 1 is 1.10 bits per heavy atom. The lowest BCUT2D eigenvalue weighted by Gasteiger charge is -2.28. The van der Waals surface area contributed by atoms with Crippen LogP contribution in [-0.4, -0.2) is 45.3 Å². The summed E-state index contributed by atoms with van der Waals surface area (Å²) in [7, 11) is 1.79. The Morgan fingerprint density at radius 2 is 1.86 bits per heavy atom. The number of hydrogen-bond donors (Lipinski definition) is 1. The molecule has 0 radical (unpaired) electrons. The van der Waals surface area contributed by atoms with Crippen LogP contribution in [0.4, 0.5) is 5.95 Å². The van der Waals surface area contributed by atoms with E-state index in [1.165, 1.54) is 5.56 Å². The highest BCUT2D eigenvalue weighted by molar-refractivity contribution is 5.74. The van der Waals surface area contributed by atoms with Crippen LogP contribution < -0.4 is 15.8 Å². The highest BCUT2D eigenvalue weighted by Gasteiger charge is 2.22. The van der Waals surface area contributed by atoms with Gasteiger partial charge >= 0.3 is 0 Å². The van der Waals surface area contributed by atoms with Crippen LogP contribution in [0.3, 0.4) is 0 Å². The van der Waals surface area contributed by atoms with Gasteiger partial charge in [0.05, 0.1) is 6.54 Å². The molecule has 2 aromatic heterocycles. The number of imidazole rings is 1. The predicted molar refractivity (Wildman–Crippen MR) is 115 cm³/mol. The molecule has 7 nitrogen and oxygen atoms in total. The second-order valence-corrected chi connectivity index (χ2v) is 7.21. The maximum atomic E-state index is 13.2. The molecule has 0 amide bonds. The second-order valence-electron chi connectivity index (χ2n) is 7.21. The molecule has 0 atom stereocenters. The normalized spacial score (nSPS) is 14.1. The number of anilines is 1. The first-order chi connectivity index (χ1) is 14.2. The second kappa shape index (κ2) is 8.50. The predicted octanol–water partition coefficient (Wildman–Crippen LogP) is 1.35. The maximum absolute atomic E-state index is 13.2. The molecule has 0 aliphatic carbocycles. The van der Waals surface area contributed by atoms with Crippen molar-refractivity contribution in [3.8, 4) is 11.8 Å². The summed E-state index contributed by atoms with van der Waals surface area (Å²) in [6, 6.07) is 10.3. The standard InChI is InChI=1S/C22H26N6O/c1-3-4-14-28-19-20(25-22(28)27-15-12-23-13-16-27)24-18(26(2)21(19)29)11-10-17-8-6-5-7-9-17/h5-9,23H,10-16H2,1-2H3. The lowest BCUT2D eigenvalue weighted by atomic mass is 10.1. The van der Waals surface area contributed by atoms with E-state index in [0.717, 1.165) is 44.4 Å². The molecule has 0 unspecified atom stereocenters. The van der Waals surface area contributed by atoms with E-state index < -0.39 is 0 Å². The number of benzene rings is 1. The van der Waals surface area contributed by atoms with Crippen molar-refractivity contribution in [1.29, 1.82) is 0 Å². The van der Waals surface area contributed by atoms with Crippen LogP contribution in [0.5, 0.6) is 0 Å². The van der Waals surface area contributed by atoms with Crippen molar-refractivity contribution in [3.05, 3.63) is 52.1 Å². The lowest BCUT2D eigenvalue weighted by Crippen LogP contribution is -2.44. The molecular weight excluding hydrogens is 364 g/mol. The van der Waals surface area contributed by atoms with Gasteiger partial charge in [-0.2, -0.15) is 4.98 Å². The number of piperazine rings is 1. The van der Waals surface area contributed by atoms with E-state index >= 15 is 0 Å². The van der Waals surface area contributed by atoms with E-state index in [0.29, 0.717) is 24.1 Å². The summed E-state index contributed by atoms with van der Waals surface area (Å²) in [5.74, 6) is 7.55. The fourth-order valence-electron chi connectivity index (χ4n) is 3.73. The first-order valence-electron chi connectivity index (χ1n) is 10.0. The van der Waals surface area contributed by atoms with E-state index in [9.17, 15) is 4.79 Å². The van der Waals surface area contributed by atoms with Gasteiger partial charge in [-0.25, -0.2) is 4.98 Å². The van der Waals surface area contributed by atoms with Gasteiger partial charge in [0.2, 0.25) is 5.95 Å². The lowest BCUT2D eigenvalue weighted by molar-refractivity contribution is 0.573. The molecule has 0 spiro atoms. The van der Waals surface area contributed by atoms with Crippen molar-refractivity contribution in [3.63, 3.8) is 0 Å². The Labute approximate surface area is 170 Å². The summed E-state index contributed by atoms with van der Waals surface area (Å²) < 4.78 is 3.58. The molecule has 4 rings (SSSR count). The summed E-state index contributed by atoms with van der Waals surface area (Å²) >= 11 is 0. The van der Waals surface area contributed by atoms with Crippen LogP contribution in [0.2, 0.25) is 0 Å². The SMILES string of the molecule is CC#CCn1c(N2CCNCC2)nc2nc(CCc3ccccc3)n(C)c(=O)c21. The number of rotatable bonds is 5. The average molecular weight is 390 g/mol. The van der Waals surface area contributed by atoms with E-state index in [1.807, 2.05) is 29.7 Å². The third-order valence-electron chi connectivity index (χ3n) is 5.35. The highest BCUT2D eigenvalue weighted by atomic mass is 16.1. The van der Waals surface area contributed by atoms with E-state index in [4.69, 9.17) is 9.97 Å². The molecule has 1 N–H and O–H groups in total. The van der Waals surface area contributed by atoms with Crippen molar-refractivity contribution in [1.82, 2.24) is 24.4 Å². The molecule has 1 aliphatic rings. The zero-order valence-electron chi connectivity index (χ0n) is 17.0. The van der Waals surface area contributed by atoms with Crippen LogP contribution in [0.1, 0.15) is 18.3 Å². The molecule has 1 aromatic carbocycles. The molecule has 3 heterocycles. The molecular formula is C22H26N6O. The largest absolute Gasteiger partial charge is 0.340 e. The zero-order valence-corrected chi connectivity index (χ0v) is 17.0. The van der Waals surface area contributed by atoms with Gasteiger partial charge in [0.25, 0.3) is 5.56 Å². The van der Waals surface area contributed by atoms with E-state index in [-0.39, 0.29) is 5.56 Å². The third kappa shape index (κ3) is 3.89. The molecule has 3 aromatic rings. The van der Waals surface area contributed by atoms with Crippen LogP contribution in [0, 0.1) is 11.8 Å². The number of fused-ring (bicyclic) bond motifs is 1. The topological polar surface area (TPSA) is 68.0 Å². The van der Waals surface area contributed by atoms with Crippen molar-refractivity contribution in [2.24, 2.45) is 7.05 Å². The van der Waals surface area contributed by atoms with Gasteiger partial charge in [0.15, 0.2) is 11.2 Å². The van der Waals surface area contributed by atoms with Crippen molar-refractivity contribution in [2.45, 2.75) is 26.3 Å². The van der Waals surface area contributed by atoms with Crippen LogP contribution in [0.25, 0.3) is 11.2 Å². The Hall–Kier alpha value is -3.11. The minimum atomic E-state index is -0.0650. The first kappa shape index (κ1) is 19.2. The number of nitrogens with zero attached hydrogens (tertiary/aromatic N) is 5. The fourth-order valence-corrected chi connectivity index (χ4v) is 3.73. The van der Waals surface area contributed by atoms with Crippen molar-refractivity contribution in [2.75, 3.05) is 31.1 Å². The van der Waals surface area contributed by atoms with Gasteiger partial charge in [-0.3, -0.25) is 13.9 Å². The monoisotopic (exact) mass is 390 g/mol. The number of hydrogen-bond acceptors (Lipinski definition) is 5. The smallest absolute Gasteiger partial charge is 0.279 e. The van der Waals surface area contributed by atoms with Crippen LogP contribution >= 0.6 is 0 Å². The number of aromatic nitrogens is 4. The summed E-state index contributed by atoms with van der Waals surface area (Å²) in [6.07, 6.45) is 1.52. The van der Waals surface area contributed by atoms with Crippen LogP contribution in [0.15, 0.2) is 35.1 Å². The minimum Gasteiger partial charge on any atom is -0.340 e. The molecule has 1 aliphatic heterocycles. The highest BCUT2D eigenvalue weighted by Crippen LogP contribution is 2.20. The molecule has 7 heteroatoms. The van der Waals surface area contributed by atoms with Gasteiger partial charge < -0.3 is 10.2 Å². The molecule has 29 heavy (non-hydrogen) atoms. The first-order valence-corrected chi connectivity index (χ1v) is 10.0. The maximum Gasteiger partial charge on any atom is 0.279 e. The van der Waals surface area contributed by atoms with Gasteiger partial charge in [-0.05, 0) is 18.9 Å². The quantitative estimate of drug-likeness (QED) is 0.666. The Kier molecular flexibility index (Phi) is 5.63. The minimum absolute atomic E-state index is 0.0650. The summed E-state index contributed by atoms with van der Waals surface area (Å²) in [4.78, 5) is 25.0. The summed E-state index contributed by atoms with van der Waals surface area (Å²) in [6.45, 7) is 5.75. The molecule has 1 fully saturated rings. The Bertz CT molecular complexity index is 1110. The Balaban J connectivity index is 1.76. The molecule has 150 valence electrons. The number of nitrogens with one attached hydrogen (secondary N) is 1. The summed E-state index contributed by atoms with van der Waals surface area (Å²) in [5, 5.41) is 3.35. The van der Waals surface area contributed by atoms with Gasteiger partial charge in [-0.1, -0.05) is 36.3 Å². The molecule has 0 bridgehead atoms. The van der Waals surface area contributed by atoms with E-state index in [2.05, 4.69) is 34.2 Å². The fraction of sp³-hybridized carbons (Fsp3) is 0.409. The number of aryl methyl sites for hydroxylation is 2. The van der Waals surface area contributed by atoms with Gasteiger partial charge in [0, 0.05) is 39.6 Å². The van der Waals surface area contributed by atoms with Gasteiger partial charge in [0.1, 0.15) is 5.82 Å². The van der Waals surface area contributed by atoms with Crippen molar-refractivity contribution >= 4 is 17.1 Å². The summed E-state index contributed by atoms with van der Waals surface area (Å²) in [5.41, 5.74) is 2.21. The van der Waals surface area contributed by atoms with E-state index in [1.54, 1.807) is 11.6 Å². The average Bonchev–Trinajstić information content (AvgIpc) is 3.13. The molecule has 0 saturated carbocycles. The Morgan fingerprint density at radius 3 is 2.59 bits per heavy atom. The van der Waals surface area contributed by atoms with Crippen LogP contribution in [-0.2, 0) is 26.4 Å².